The van der Waals surface area contributed by atoms with Gasteiger partial charge in [-0.05, 0) is 37.0 Å². The first-order chi connectivity index (χ1) is 13.7. The van der Waals surface area contributed by atoms with Crippen molar-refractivity contribution in [3.63, 3.8) is 0 Å². The molecular formula is C22H34ClNO5. The molecule has 7 heteroatoms. The van der Waals surface area contributed by atoms with Crippen LogP contribution in [0.15, 0.2) is 18.2 Å². The van der Waals surface area contributed by atoms with Gasteiger partial charge >= 0.3 is 0 Å². The Balaban J connectivity index is 0.00000240. The molecule has 1 aromatic rings. The molecule has 1 spiro atoms. The Kier molecular flexibility index (Phi) is 8.05. The van der Waals surface area contributed by atoms with Gasteiger partial charge < -0.3 is 23.7 Å². The van der Waals surface area contributed by atoms with Gasteiger partial charge in [-0.2, -0.15) is 0 Å². The van der Waals surface area contributed by atoms with E-state index in [2.05, 4.69) is 11.0 Å². The van der Waals surface area contributed by atoms with Gasteiger partial charge in [-0.3, -0.25) is 4.90 Å². The molecule has 1 aliphatic carbocycles. The van der Waals surface area contributed by atoms with E-state index in [4.69, 9.17) is 23.7 Å². The number of hydrogen-bond acceptors (Lipinski definition) is 6. The number of halogens is 1. The third-order valence-electron chi connectivity index (χ3n) is 6.34. The molecule has 6 nitrogen and oxygen atoms in total. The van der Waals surface area contributed by atoms with Gasteiger partial charge in [0.1, 0.15) is 0 Å². The van der Waals surface area contributed by atoms with E-state index in [1.54, 1.807) is 14.2 Å². The maximum absolute atomic E-state index is 6.40. The summed E-state index contributed by atoms with van der Waals surface area (Å²) in [5.74, 6) is 1.19. The molecule has 0 radical (unpaired) electrons. The second kappa shape index (κ2) is 10.3. The molecular weight excluding hydrogens is 394 g/mol. The average Bonchev–Trinajstić information content (AvgIpc) is 3.38. The molecule has 1 aromatic carbocycles. The zero-order valence-corrected chi connectivity index (χ0v) is 18.4. The van der Waals surface area contributed by atoms with E-state index in [9.17, 15) is 0 Å². The van der Waals surface area contributed by atoms with Gasteiger partial charge in [-0.1, -0.05) is 18.9 Å². The zero-order valence-electron chi connectivity index (χ0n) is 17.6. The Morgan fingerprint density at radius 2 is 1.83 bits per heavy atom. The van der Waals surface area contributed by atoms with E-state index in [1.807, 2.05) is 12.1 Å². The smallest absolute Gasteiger partial charge is 0.182 e. The molecule has 4 rings (SSSR count). The quantitative estimate of drug-likeness (QED) is 0.664. The number of rotatable bonds is 7. The molecule has 3 aliphatic rings. The standard InChI is InChI=1S/C22H33NO5.ClH/c1-24-20-8-7-17(15-21(20)25-2)9-12-26-19-6-4-3-5-18(19)23-11-10-22(16-23)27-13-14-28-22;/h7-8,15,18-19H,3-6,9-14,16H2,1-2H3;1H. The second-order valence-electron chi connectivity index (χ2n) is 8.03. The van der Waals surface area contributed by atoms with Crippen molar-refractivity contribution in [2.24, 2.45) is 0 Å². The molecule has 2 unspecified atom stereocenters. The topological polar surface area (TPSA) is 49.4 Å². The van der Waals surface area contributed by atoms with E-state index in [-0.39, 0.29) is 18.2 Å². The van der Waals surface area contributed by atoms with Crippen molar-refractivity contribution >= 4 is 12.4 Å². The van der Waals surface area contributed by atoms with Gasteiger partial charge in [0.15, 0.2) is 17.3 Å². The summed E-state index contributed by atoms with van der Waals surface area (Å²) >= 11 is 0. The highest BCUT2D eigenvalue weighted by molar-refractivity contribution is 5.85. The van der Waals surface area contributed by atoms with Gasteiger partial charge in [0, 0.05) is 19.0 Å². The third-order valence-corrected chi connectivity index (χ3v) is 6.34. The first kappa shape index (κ1) is 22.6. The fourth-order valence-corrected chi connectivity index (χ4v) is 4.85. The van der Waals surface area contributed by atoms with Crippen LogP contribution in [0.3, 0.4) is 0 Å². The average molecular weight is 428 g/mol. The third kappa shape index (κ3) is 5.17. The molecule has 29 heavy (non-hydrogen) atoms. The van der Waals surface area contributed by atoms with E-state index in [1.165, 1.54) is 24.8 Å². The Hall–Kier alpha value is -1.05. The highest BCUT2D eigenvalue weighted by Crippen LogP contribution is 2.35. The summed E-state index contributed by atoms with van der Waals surface area (Å²) in [6.45, 7) is 4.10. The lowest BCUT2D eigenvalue weighted by Gasteiger charge is -2.38. The predicted octanol–water partition coefficient (Wildman–Crippen LogP) is 3.44. The molecule has 164 valence electrons. The highest BCUT2D eigenvalue weighted by Gasteiger charge is 2.46. The van der Waals surface area contributed by atoms with E-state index >= 15 is 0 Å². The van der Waals surface area contributed by atoms with Crippen molar-refractivity contribution in [1.29, 1.82) is 0 Å². The molecule has 2 saturated heterocycles. The maximum Gasteiger partial charge on any atom is 0.182 e. The molecule has 2 heterocycles. The second-order valence-corrected chi connectivity index (χ2v) is 8.03. The van der Waals surface area contributed by atoms with Crippen molar-refractivity contribution in [2.75, 3.05) is 47.1 Å². The minimum absolute atomic E-state index is 0. The van der Waals surface area contributed by atoms with Crippen molar-refractivity contribution in [3.05, 3.63) is 23.8 Å². The Morgan fingerprint density at radius 3 is 2.59 bits per heavy atom. The zero-order chi connectivity index (χ0) is 19.4. The van der Waals surface area contributed by atoms with Crippen LogP contribution in [0.25, 0.3) is 0 Å². The summed E-state index contributed by atoms with van der Waals surface area (Å²) in [5, 5.41) is 0. The van der Waals surface area contributed by atoms with Crippen LogP contribution in [0.2, 0.25) is 0 Å². The summed E-state index contributed by atoms with van der Waals surface area (Å²) in [4.78, 5) is 2.55. The lowest BCUT2D eigenvalue weighted by molar-refractivity contribution is -0.149. The van der Waals surface area contributed by atoms with Gasteiger partial charge in [-0.25, -0.2) is 0 Å². The maximum atomic E-state index is 6.40. The van der Waals surface area contributed by atoms with Crippen LogP contribution in [-0.2, 0) is 20.6 Å². The molecule has 0 bridgehead atoms. The van der Waals surface area contributed by atoms with E-state index < -0.39 is 0 Å². The molecule has 0 aromatic heterocycles. The predicted molar refractivity (Wildman–Crippen MR) is 113 cm³/mol. The largest absolute Gasteiger partial charge is 0.493 e. The minimum Gasteiger partial charge on any atom is -0.493 e. The molecule has 2 aliphatic heterocycles. The first-order valence-corrected chi connectivity index (χ1v) is 10.6. The molecule has 3 fully saturated rings. The van der Waals surface area contributed by atoms with Crippen LogP contribution in [0.1, 0.15) is 37.7 Å². The monoisotopic (exact) mass is 427 g/mol. The van der Waals surface area contributed by atoms with Crippen LogP contribution >= 0.6 is 12.4 Å². The molecule has 0 amide bonds. The lowest BCUT2D eigenvalue weighted by Crippen LogP contribution is -2.47. The fraction of sp³-hybridized carbons (Fsp3) is 0.727. The fourth-order valence-electron chi connectivity index (χ4n) is 4.85. The van der Waals surface area contributed by atoms with Gasteiger partial charge in [0.25, 0.3) is 0 Å². The normalized spacial score (nSPS) is 26.4. The Morgan fingerprint density at radius 1 is 1.07 bits per heavy atom. The summed E-state index contributed by atoms with van der Waals surface area (Å²) in [6, 6.07) is 6.57. The van der Waals surface area contributed by atoms with Gasteiger partial charge in [-0.15, -0.1) is 12.4 Å². The van der Waals surface area contributed by atoms with Crippen molar-refractivity contribution in [3.8, 4) is 11.5 Å². The molecule has 0 N–H and O–H groups in total. The summed E-state index contributed by atoms with van der Waals surface area (Å²) in [7, 11) is 3.33. The summed E-state index contributed by atoms with van der Waals surface area (Å²) in [5.41, 5.74) is 1.21. The SMILES string of the molecule is COc1ccc(CCOC2CCCCC2N2CCC3(C2)OCCO3)cc1OC.Cl. The number of ether oxygens (including phenoxy) is 5. The lowest BCUT2D eigenvalue weighted by atomic mass is 9.91. The summed E-state index contributed by atoms with van der Waals surface area (Å²) in [6.07, 6.45) is 7.03. The minimum atomic E-state index is -0.346. The molecule has 1 saturated carbocycles. The number of benzene rings is 1. The number of hydrogen-bond donors (Lipinski definition) is 0. The number of likely N-dealkylation sites (tertiary alicyclic amines) is 1. The van der Waals surface area contributed by atoms with Crippen LogP contribution in [0, 0.1) is 0 Å². The summed E-state index contributed by atoms with van der Waals surface area (Å²) < 4.78 is 28.9. The van der Waals surface area contributed by atoms with Gasteiger partial charge in [0.2, 0.25) is 0 Å². The van der Waals surface area contributed by atoms with Crippen LogP contribution < -0.4 is 9.47 Å². The molecule has 2 atom stereocenters. The highest BCUT2D eigenvalue weighted by atomic mass is 35.5. The van der Waals surface area contributed by atoms with Crippen molar-refractivity contribution < 1.29 is 23.7 Å². The van der Waals surface area contributed by atoms with Gasteiger partial charge in [0.05, 0.1) is 46.7 Å². The van der Waals surface area contributed by atoms with Crippen molar-refractivity contribution in [2.45, 2.75) is 56.5 Å². The van der Waals surface area contributed by atoms with Crippen LogP contribution in [-0.4, -0.2) is 70.0 Å². The van der Waals surface area contributed by atoms with E-state index in [0.717, 1.165) is 63.7 Å². The van der Waals surface area contributed by atoms with Crippen molar-refractivity contribution in [1.82, 2.24) is 4.90 Å². The number of nitrogens with zero attached hydrogens (tertiary/aromatic N) is 1. The Labute approximate surface area is 180 Å². The first-order valence-electron chi connectivity index (χ1n) is 10.6. The van der Waals surface area contributed by atoms with E-state index in [0.29, 0.717) is 12.1 Å². The number of methoxy groups -OCH3 is 2. The Bertz CT molecular complexity index is 652. The van der Waals surface area contributed by atoms with Crippen LogP contribution in [0.4, 0.5) is 0 Å². The van der Waals surface area contributed by atoms with Crippen LogP contribution in [0.5, 0.6) is 11.5 Å².